The van der Waals surface area contributed by atoms with Gasteiger partial charge >= 0.3 is 0 Å². The molecule has 1 aliphatic rings. The van der Waals surface area contributed by atoms with Crippen LogP contribution in [0.15, 0.2) is 53.6 Å². The zero-order chi connectivity index (χ0) is 17.6. The topological polar surface area (TPSA) is 38.1 Å². The van der Waals surface area contributed by atoms with Gasteiger partial charge in [0.25, 0.3) is 0 Å². The molecule has 0 spiro atoms. The second-order valence-corrected chi connectivity index (χ2v) is 6.10. The number of nitrogens with zero attached hydrogens (tertiary/aromatic N) is 1. The summed E-state index contributed by atoms with van der Waals surface area (Å²) in [6, 6.07) is 13.6. The SMILES string of the molecule is C/C(=N/Nc1ccc(F)cc1F)[C@@H](c1ccccc1)[NH+]1CCOCC1. The smallest absolute Gasteiger partial charge is 0.154 e. The van der Waals surface area contributed by atoms with Crippen LogP contribution in [0.4, 0.5) is 14.5 Å². The van der Waals surface area contributed by atoms with Gasteiger partial charge in [0.05, 0.1) is 24.6 Å². The number of nitrogens with one attached hydrogen (secondary N) is 2. The molecule has 0 aromatic heterocycles. The van der Waals surface area contributed by atoms with Crippen LogP contribution in [0.2, 0.25) is 0 Å². The molecule has 0 saturated carbocycles. The first-order chi connectivity index (χ1) is 12.1. The standard InChI is InChI=1S/C19H21F2N3O/c1-14(22-23-18-8-7-16(20)13-17(18)21)19(15-5-3-2-4-6-15)24-9-11-25-12-10-24/h2-8,13,19,23H,9-12H2,1H3/p+1/b22-14-/t19-/m0/s1. The molecule has 1 aliphatic heterocycles. The molecular weight excluding hydrogens is 324 g/mol. The molecule has 2 N–H and O–H groups in total. The van der Waals surface area contributed by atoms with Crippen molar-refractivity contribution in [3.63, 3.8) is 0 Å². The van der Waals surface area contributed by atoms with Crippen molar-refractivity contribution in [2.24, 2.45) is 5.10 Å². The van der Waals surface area contributed by atoms with Crippen LogP contribution in [0, 0.1) is 11.6 Å². The average molecular weight is 346 g/mol. The zero-order valence-electron chi connectivity index (χ0n) is 14.1. The molecule has 132 valence electrons. The summed E-state index contributed by atoms with van der Waals surface area (Å²) in [5, 5.41) is 4.38. The molecule has 3 rings (SSSR count). The Morgan fingerprint density at radius 1 is 1.12 bits per heavy atom. The molecule has 0 unspecified atom stereocenters. The summed E-state index contributed by atoms with van der Waals surface area (Å²) in [5.41, 5.74) is 4.88. The Morgan fingerprint density at radius 3 is 2.52 bits per heavy atom. The molecule has 2 aromatic rings. The van der Waals surface area contributed by atoms with Crippen molar-refractivity contribution in [1.82, 2.24) is 0 Å². The van der Waals surface area contributed by atoms with E-state index in [0.29, 0.717) is 13.2 Å². The number of rotatable bonds is 5. The fraction of sp³-hybridized carbons (Fsp3) is 0.316. The maximum Gasteiger partial charge on any atom is 0.154 e. The molecule has 0 amide bonds. The first-order valence-corrected chi connectivity index (χ1v) is 8.37. The first-order valence-electron chi connectivity index (χ1n) is 8.37. The Bertz CT molecular complexity index is 731. The lowest BCUT2D eigenvalue weighted by atomic mass is 10.0. The van der Waals surface area contributed by atoms with Gasteiger partial charge in [-0.3, -0.25) is 5.43 Å². The highest BCUT2D eigenvalue weighted by atomic mass is 19.1. The highest BCUT2D eigenvalue weighted by molar-refractivity contribution is 5.87. The predicted octanol–water partition coefficient (Wildman–Crippen LogP) is 2.41. The van der Waals surface area contributed by atoms with Gasteiger partial charge in [-0.1, -0.05) is 30.3 Å². The van der Waals surface area contributed by atoms with E-state index in [0.717, 1.165) is 30.4 Å². The number of quaternary nitrogens is 1. The van der Waals surface area contributed by atoms with Crippen molar-refractivity contribution < 1.29 is 18.4 Å². The van der Waals surface area contributed by atoms with E-state index in [1.807, 2.05) is 25.1 Å². The van der Waals surface area contributed by atoms with Crippen molar-refractivity contribution in [2.75, 3.05) is 31.7 Å². The third kappa shape index (κ3) is 4.41. The van der Waals surface area contributed by atoms with Crippen LogP contribution in [0.5, 0.6) is 0 Å². The normalized spacial score (nSPS) is 17.3. The zero-order valence-corrected chi connectivity index (χ0v) is 14.1. The van der Waals surface area contributed by atoms with Gasteiger partial charge in [-0.05, 0) is 19.1 Å². The molecule has 2 aromatic carbocycles. The van der Waals surface area contributed by atoms with E-state index in [1.54, 1.807) is 0 Å². The monoisotopic (exact) mass is 346 g/mol. The van der Waals surface area contributed by atoms with Crippen LogP contribution < -0.4 is 10.3 Å². The molecule has 0 aliphatic carbocycles. The maximum atomic E-state index is 13.8. The molecule has 1 fully saturated rings. The van der Waals surface area contributed by atoms with Crippen LogP contribution in [0.25, 0.3) is 0 Å². The molecule has 25 heavy (non-hydrogen) atoms. The quantitative estimate of drug-likeness (QED) is 0.645. The summed E-state index contributed by atoms with van der Waals surface area (Å²) in [4.78, 5) is 1.36. The largest absolute Gasteiger partial charge is 0.370 e. The van der Waals surface area contributed by atoms with E-state index < -0.39 is 11.6 Å². The summed E-state index contributed by atoms with van der Waals surface area (Å²) >= 11 is 0. The van der Waals surface area contributed by atoms with Gasteiger partial charge < -0.3 is 9.64 Å². The van der Waals surface area contributed by atoms with Gasteiger partial charge in [-0.15, -0.1) is 0 Å². The molecule has 1 saturated heterocycles. The minimum absolute atomic E-state index is 0.0566. The van der Waals surface area contributed by atoms with E-state index >= 15 is 0 Å². The van der Waals surface area contributed by atoms with E-state index in [9.17, 15) is 8.78 Å². The molecular formula is C19H22F2N3O+. The van der Waals surface area contributed by atoms with Crippen LogP contribution in [0.1, 0.15) is 18.5 Å². The fourth-order valence-electron chi connectivity index (χ4n) is 3.13. The number of halogens is 2. The predicted molar refractivity (Wildman–Crippen MR) is 93.8 cm³/mol. The number of anilines is 1. The number of hydrogen-bond acceptors (Lipinski definition) is 3. The second kappa shape index (κ2) is 8.18. The lowest BCUT2D eigenvalue weighted by molar-refractivity contribution is -0.928. The fourth-order valence-corrected chi connectivity index (χ4v) is 3.13. The third-order valence-corrected chi connectivity index (χ3v) is 4.38. The van der Waals surface area contributed by atoms with Crippen LogP contribution in [-0.2, 0) is 4.74 Å². The molecule has 1 heterocycles. The summed E-state index contributed by atoms with van der Waals surface area (Å²) in [6.45, 7) is 5.13. The van der Waals surface area contributed by atoms with Gasteiger partial charge in [0, 0.05) is 11.6 Å². The van der Waals surface area contributed by atoms with Gasteiger partial charge in [0.15, 0.2) is 11.9 Å². The highest BCUT2D eigenvalue weighted by Crippen LogP contribution is 2.16. The average Bonchev–Trinajstić information content (AvgIpc) is 2.63. The van der Waals surface area contributed by atoms with Crippen molar-refractivity contribution in [3.8, 4) is 0 Å². The Morgan fingerprint density at radius 2 is 1.84 bits per heavy atom. The van der Waals surface area contributed by atoms with E-state index in [2.05, 4.69) is 22.7 Å². The number of ether oxygens (including phenoxy) is 1. The molecule has 6 heteroatoms. The molecule has 4 nitrogen and oxygen atoms in total. The molecule has 0 radical (unpaired) electrons. The molecule has 0 bridgehead atoms. The van der Waals surface area contributed by atoms with Crippen molar-refractivity contribution in [1.29, 1.82) is 0 Å². The van der Waals surface area contributed by atoms with Gasteiger partial charge in [-0.25, -0.2) is 8.78 Å². The summed E-state index contributed by atoms with van der Waals surface area (Å²) in [7, 11) is 0. The third-order valence-electron chi connectivity index (χ3n) is 4.38. The highest BCUT2D eigenvalue weighted by Gasteiger charge is 2.29. The number of hydrazone groups is 1. The van der Waals surface area contributed by atoms with Gasteiger partial charge in [0.1, 0.15) is 18.9 Å². The van der Waals surface area contributed by atoms with Crippen LogP contribution in [-0.4, -0.2) is 32.0 Å². The van der Waals surface area contributed by atoms with E-state index in [1.165, 1.54) is 17.0 Å². The number of morpholine rings is 1. The van der Waals surface area contributed by atoms with Crippen molar-refractivity contribution >= 4 is 11.4 Å². The summed E-state index contributed by atoms with van der Waals surface area (Å²) in [6.07, 6.45) is 0. The lowest BCUT2D eigenvalue weighted by Crippen LogP contribution is -3.15. The number of hydrogen-bond donors (Lipinski definition) is 2. The van der Waals surface area contributed by atoms with Crippen LogP contribution >= 0.6 is 0 Å². The minimum Gasteiger partial charge on any atom is -0.370 e. The van der Waals surface area contributed by atoms with Gasteiger partial charge in [0.2, 0.25) is 0 Å². The van der Waals surface area contributed by atoms with Crippen molar-refractivity contribution in [2.45, 2.75) is 13.0 Å². The Hall–Kier alpha value is -2.31. The molecule has 1 atom stereocenters. The number of benzene rings is 2. The van der Waals surface area contributed by atoms with Gasteiger partial charge in [-0.2, -0.15) is 5.10 Å². The second-order valence-electron chi connectivity index (χ2n) is 6.10. The Kier molecular flexibility index (Phi) is 5.73. The van der Waals surface area contributed by atoms with E-state index in [4.69, 9.17) is 4.74 Å². The Balaban J connectivity index is 1.84. The maximum absolute atomic E-state index is 13.8. The van der Waals surface area contributed by atoms with Crippen molar-refractivity contribution in [3.05, 3.63) is 65.7 Å². The Labute approximate surface area is 146 Å². The lowest BCUT2D eigenvalue weighted by Gasteiger charge is -2.31. The summed E-state index contributed by atoms with van der Waals surface area (Å²) in [5.74, 6) is -1.27. The van der Waals surface area contributed by atoms with E-state index in [-0.39, 0.29) is 11.7 Å². The first kappa shape index (κ1) is 17.5. The summed E-state index contributed by atoms with van der Waals surface area (Å²) < 4.78 is 32.3. The minimum atomic E-state index is -0.661. The van der Waals surface area contributed by atoms with Crippen LogP contribution in [0.3, 0.4) is 0 Å².